The molecule has 1 saturated carbocycles. The average molecular weight is 546 g/mol. The fourth-order valence-corrected chi connectivity index (χ4v) is 4.56. The van der Waals surface area contributed by atoms with E-state index < -0.39 is 34.7 Å². The summed E-state index contributed by atoms with van der Waals surface area (Å²) in [6.45, 7) is 3.16. The van der Waals surface area contributed by atoms with Crippen molar-refractivity contribution in [3.63, 3.8) is 0 Å². The molecule has 2 amide bonds. The number of carbonyl (C=O) groups excluding carboxylic acids is 2. The van der Waals surface area contributed by atoms with Crippen LogP contribution in [0, 0.1) is 17.6 Å². The number of carbonyl (C=O) groups is 2. The second-order valence-corrected chi connectivity index (χ2v) is 10.8. The maximum atomic E-state index is 14.5. The monoisotopic (exact) mass is 545 g/mol. The van der Waals surface area contributed by atoms with Crippen molar-refractivity contribution in [2.75, 3.05) is 13.6 Å². The van der Waals surface area contributed by atoms with E-state index in [0.29, 0.717) is 35.9 Å². The van der Waals surface area contributed by atoms with E-state index in [4.69, 9.17) is 10.5 Å². The Labute approximate surface area is 225 Å². The number of amides is 2. The van der Waals surface area contributed by atoms with Crippen LogP contribution in [0.5, 0.6) is 11.5 Å². The maximum absolute atomic E-state index is 14.5. The van der Waals surface area contributed by atoms with Crippen LogP contribution in [0.1, 0.15) is 56.3 Å². The Morgan fingerprint density at radius 1 is 1.15 bits per heavy atom. The van der Waals surface area contributed by atoms with Crippen molar-refractivity contribution in [2.45, 2.75) is 63.7 Å². The Kier molecular flexibility index (Phi) is 8.20. The van der Waals surface area contributed by atoms with Crippen molar-refractivity contribution in [1.82, 2.24) is 20.4 Å². The first kappa shape index (κ1) is 28.4. The number of rotatable bonds is 13. The van der Waals surface area contributed by atoms with E-state index in [1.807, 2.05) is 0 Å². The van der Waals surface area contributed by atoms with Crippen LogP contribution in [-0.4, -0.2) is 46.4 Å². The predicted molar refractivity (Wildman–Crippen MR) is 141 cm³/mol. The molecule has 0 saturated heterocycles. The number of benzene rings is 2. The zero-order chi connectivity index (χ0) is 28.4. The Morgan fingerprint density at radius 2 is 1.90 bits per heavy atom. The van der Waals surface area contributed by atoms with Crippen LogP contribution in [-0.2, 0) is 11.3 Å². The van der Waals surface area contributed by atoms with E-state index in [1.165, 1.54) is 36.9 Å². The number of aromatic nitrogens is 2. The summed E-state index contributed by atoms with van der Waals surface area (Å²) in [5.74, 6) is -2.93. The number of nitrogens with two attached hydrogens (primary N) is 1. The minimum Gasteiger partial charge on any atom is -0.453 e. The van der Waals surface area contributed by atoms with E-state index in [1.54, 1.807) is 7.05 Å². The highest BCUT2D eigenvalue weighted by atomic mass is 19.1. The van der Waals surface area contributed by atoms with Gasteiger partial charge < -0.3 is 21.1 Å². The highest BCUT2D eigenvalue weighted by Crippen LogP contribution is 2.37. The number of halogens is 3. The van der Waals surface area contributed by atoms with Crippen molar-refractivity contribution in [3.05, 3.63) is 53.7 Å². The maximum Gasteiger partial charge on any atom is 0.256 e. The lowest BCUT2D eigenvalue weighted by Crippen LogP contribution is -2.58. The third-order valence-corrected chi connectivity index (χ3v) is 6.93. The molecule has 1 aromatic heterocycles. The summed E-state index contributed by atoms with van der Waals surface area (Å²) in [6.07, 6.45) is 4.97. The first-order valence-electron chi connectivity index (χ1n) is 13.0. The molecular weight excluding hydrogens is 511 g/mol. The van der Waals surface area contributed by atoms with Crippen molar-refractivity contribution >= 4 is 22.7 Å². The Bertz CT molecular complexity index is 1370. The number of ether oxygens (including phenoxy) is 1. The minimum atomic E-state index is -1.59. The van der Waals surface area contributed by atoms with Gasteiger partial charge in [-0.25, -0.2) is 13.2 Å². The van der Waals surface area contributed by atoms with Crippen molar-refractivity contribution in [2.24, 2.45) is 11.7 Å². The number of hydrogen-bond acceptors (Lipinski definition) is 5. The number of nitrogens with zero attached hydrogens (tertiary/aromatic N) is 2. The van der Waals surface area contributed by atoms with Gasteiger partial charge in [0.15, 0.2) is 11.6 Å². The SMILES string of the molecule is CNCC[C@](CCC1CC1)(NC(=O)c1cc2c(cnn2CC(C)(C)F)cc1Oc1ccc(F)cc1F)C(N)=O. The van der Waals surface area contributed by atoms with Gasteiger partial charge in [-0.1, -0.05) is 12.8 Å². The summed E-state index contributed by atoms with van der Waals surface area (Å²) in [5.41, 5.74) is 3.33. The molecule has 0 aliphatic heterocycles. The van der Waals surface area contributed by atoms with Gasteiger partial charge in [-0.15, -0.1) is 0 Å². The molecule has 8 nitrogen and oxygen atoms in total. The first-order valence-corrected chi connectivity index (χ1v) is 13.0. The lowest BCUT2D eigenvalue weighted by Gasteiger charge is -2.32. The molecule has 11 heteroatoms. The van der Waals surface area contributed by atoms with Gasteiger partial charge in [0.25, 0.3) is 5.91 Å². The lowest BCUT2D eigenvalue weighted by atomic mass is 9.87. The fourth-order valence-electron chi connectivity index (χ4n) is 4.56. The molecule has 2 aromatic carbocycles. The Hall–Kier alpha value is -3.60. The first-order chi connectivity index (χ1) is 18.4. The second-order valence-electron chi connectivity index (χ2n) is 10.8. The normalized spacial score (nSPS) is 15.2. The number of hydrogen-bond donors (Lipinski definition) is 3. The molecule has 39 heavy (non-hydrogen) atoms. The summed E-state index contributed by atoms with van der Waals surface area (Å²) in [5, 5.41) is 10.6. The highest BCUT2D eigenvalue weighted by molar-refractivity contribution is 6.03. The summed E-state index contributed by atoms with van der Waals surface area (Å²) in [7, 11) is 1.74. The molecule has 0 bridgehead atoms. The Morgan fingerprint density at radius 3 is 2.51 bits per heavy atom. The van der Waals surface area contributed by atoms with Gasteiger partial charge in [0.1, 0.15) is 22.8 Å². The van der Waals surface area contributed by atoms with E-state index in [9.17, 15) is 22.8 Å². The second kappa shape index (κ2) is 11.3. The molecule has 4 rings (SSSR count). The number of nitrogens with one attached hydrogen (secondary N) is 2. The molecule has 1 aliphatic carbocycles. The van der Waals surface area contributed by atoms with Gasteiger partial charge in [0, 0.05) is 11.5 Å². The quantitative estimate of drug-likeness (QED) is 0.291. The van der Waals surface area contributed by atoms with Crippen LogP contribution in [0.25, 0.3) is 10.9 Å². The predicted octanol–water partition coefficient (Wildman–Crippen LogP) is 4.61. The van der Waals surface area contributed by atoms with Crippen molar-refractivity contribution in [3.8, 4) is 11.5 Å². The van der Waals surface area contributed by atoms with E-state index in [0.717, 1.165) is 31.4 Å². The number of primary amides is 1. The molecule has 1 aliphatic rings. The molecule has 0 radical (unpaired) electrons. The average Bonchev–Trinajstić information content (AvgIpc) is 3.62. The van der Waals surface area contributed by atoms with Gasteiger partial charge in [-0.05, 0) is 76.9 Å². The largest absolute Gasteiger partial charge is 0.453 e. The molecule has 1 fully saturated rings. The van der Waals surface area contributed by atoms with Crippen LogP contribution in [0.2, 0.25) is 0 Å². The van der Waals surface area contributed by atoms with Crippen LogP contribution in [0.4, 0.5) is 13.2 Å². The molecule has 1 atom stereocenters. The molecular formula is C28H34F3N5O3. The third-order valence-electron chi connectivity index (χ3n) is 6.93. The summed E-state index contributed by atoms with van der Waals surface area (Å²) in [4.78, 5) is 26.6. The minimum absolute atomic E-state index is 0.0360. The van der Waals surface area contributed by atoms with Crippen molar-refractivity contribution in [1.29, 1.82) is 0 Å². The molecule has 210 valence electrons. The van der Waals surface area contributed by atoms with Crippen LogP contribution in [0.3, 0.4) is 0 Å². The highest BCUT2D eigenvalue weighted by Gasteiger charge is 2.40. The number of fused-ring (bicyclic) bond motifs is 1. The van der Waals surface area contributed by atoms with Gasteiger partial charge in [0.2, 0.25) is 5.91 Å². The standard InChI is InChI=1S/C28H34F3N5O3/c1-27(2,31)16-36-22-14-20(24(12-18(22)15-34-36)39-23-7-6-19(29)13-21(23)30)25(37)35-28(26(32)38,10-11-33-3)9-8-17-4-5-17/h6-7,12-15,17,33H,4-5,8-11,16H2,1-3H3,(H2,32,38)(H,35,37)/t28-/m0/s1. The van der Waals surface area contributed by atoms with E-state index in [-0.39, 0.29) is 30.0 Å². The van der Waals surface area contributed by atoms with Gasteiger partial charge >= 0.3 is 0 Å². The summed E-state index contributed by atoms with van der Waals surface area (Å²) < 4.78 is 49.6. The van der Waals surface area contributed by atoms with Crippen LogP contribution >= 0.6 is 0 Å². The van der Waals surface area contributed by atoms with Crippen molar-refractivity contribution < 1.29 is 27.5 Å². The van der Waals surface area contributed by atoms with Crippen LogP contribution in [0.15, 0.2) is 36.5 Å². The molecule has 4 N–H and O–H groups in total. The van der Waals surface area contributed by atoms with E-state index in [2.05, 4.69) is 15.7 Å². The van der Waals surface area contributed by atoms with Gasteiger partial charge in [-0.2, -0.15) is 5.10 Å². The zero-order valence-electron chi connectivity index (χ0n) is 22.3. The zero-order valence-corrected chi connectivity index (χ0v) is 22.3. The summed E-state index contributed by atoms with van der Waals surface area (Å²) in [6, 6.07) is 5.76. The number of alkyl halides is 1. The molecule has 0 spiro atoms. The van der Waals surface area contributed by atoms with Gasteiger partial charge in [0.05, 0.1) is 23.8 Å². The molecule has 0 unspecified atom stereocenters. The Balaban J connectivity index is 1.77. The molecule has 1 heterocycles. The summed E-state index contributed by atoms with van der Waals surface area (Å²) >= 11 is 0. The third kappa shape index (κ3) is 6.89. The van der Waals surface area contributed by atoms with Crippen LogP contribution < -0.4 is 21.1 Å². The molecule has 3 aromatic rings. The van der Waals surface area contributed by atoms with Gasteiger partial charge in [-0.3, -0.25) is 14.3 Å². The van der Waals surface area contributed by atoms with E-state index >= 15 is 0 Å². The smallest absolute Gasteiger partial charge is 0.256 e. The fraction of sp³-hybridized carbons (Fsp3) is 0.464. The lowest BCUT2D eigenvalue weighted by molar-refractivity contribution is -0.124. The topological polar surface area (TPSA) is 111 Å².